The van der Waals surface area contributed by atoms with Gasteiger partial charge in [0.2, 0.25) is 0 Å². The van der Waals surface area contributed by atoms with Crippen LogP contribution >= 0.6 is 0 Å². The smallest absolute Gasteiger partial charge is 0.322 e. The van der Waals surface area contributed by atoms with Crippen molar-refractivity contribution in [3.05, 3.63) is 29.8 Å². The molecule has 1 heterocycles. The normalized spacial score (nSPS) is 17.5. The summed E-state index contributed by atoms with van der Waals surface area (Å²) in [6, 6.07) is 7.52. The molecule has 2 rings (SSSR count). The molecule has 2 amide bonds. The number of nitrogens with one attached hydrogen (secondary N) is 1. The van der Waals surface area contributed by atoms with Crippen LogP contribution < -0.4 is 5.32 Å². The van der Waals surface area contributed by atoms with E-state index in [-0.39, 0.29) is 6.03 Å². The Kier molecular flexibility index (Phi) is 3.07. The molecule has 0 spiro atoms. The number of nitrogens with zero attached hydrogens (tertiary/aromatic N) is 1. The van der Waals surface area contributed by atoms with Crippen LogP contribution in [0.25, 0.3) is 0 Å². The van der Waals surface area contributed by atoms with E-state index < -0.39 is 5.60 Å². The van der Waals surface area contributed by atoms with Gasteiger partial charge in [-0.05, 0) is 31.0 Å². The highest BCUT2D eigenvalue weighted by Crippen LogP contribution is 2.24. The van der Waals surface area contributed by atoms with Gasteiger partial charge in [-0.3, -0.25) is 0 Å². The van der Waals surface area contributed by atoms with Crippen molar-refractivity contribution in [3.63, 3.8) is 0 Å². The molecule has 0 unspecified atom stereocenters. The van der Waals surface area contributed by atoms with Gasteiger partial charge in [0.1, 0.15) is 0 Å². The summed E-state index contributed by atoms with van der Waals surface area (Å²) in [7, 11) is 0. The molecule has 0 atom stereocenters. The quantitative estimate of drug-likeness (QED) is 0.822. The molecule has 1 aromatic carbocycles. The maximum absolute atomic E-state index is 11.8. The van der Waals surface area contributed by atoms with Gasteiger partial charge in [0.05, 0.1) is 18.7 Å². The predicted molar refractivity (Wildman–Crippen MR) is 67.0 cm³/mol. The molecule has 1 saturated heterocycles. The van der Waals surface area contributed by atoms with Crippen molar-refractivity contribution in [2.75, 3.05) is 18.4 Å². The topological polar surface area (TPSA) is 52.6 Å². The van der Waals surface area contributed by atoms with E-state index >= 15 is 0 Å². The highest BCUT2D eigenvalue weighted by molar-refractivity contribution is 5.90. The van der Waals surface area contributed by atoms with Gasteiger partial charge < -0.3 is 15.3 Å². The van der Waals surface area contributed by atoms with Crippen molar-refractivity contribution in [2.45, 2.75) is 25.9 Å². The van der Waals surface area contributed by atoms with E-state index in [1.165, 1.54) is 0 Å². The minimum Gasteiger partial charge on any atom is -0.386 e. The van der Waals surface area contributed by atoms with Crippen LogP contribution in [0.2, 0.25) is 0 Å². The van der Waals surface area contributed by atoms with Crippen LogP contribution in [0.1, 0.15) is 18.9 Å². The fourth-order valence-electron chi connectivity index (χ4n) is 1.96. The van der Waals surface area contributed by atoms with Crippen LogP contribution in [0.3, 0.4) is 0 Å². The second-order valence-electron chi connectivity index (χ2n) is 4.73. The average Bonchev–Trinajstić information content (AvgIpc) is 2.24. The van der Waals surface area contributed by atoms with E-state index in [9.17, 15) is 9.90 Å². The monoisotopic (exact) mass is 234 g/mol. The molecule has 1 aromatic rings. The molecule has 0 aromatic heterocycles. The summed E-state index contributed by atoms with van der Waals surface area (Å²) in [5.74, 6) is 0. The minimum atomic E-state index is -0.677. The number of urea groups is 1. The third-order valence-electron chi connectivity index (χ3n) is 3.19. The first-order valence-corrected chi connectivity index (χ1v) is 5.87. The lowest BCUT2D eigenvalue weighted by molar-refractivity contribution is -0.0755. The number of likely N-dealkylation sites (tertiary alicyclic amines) is 1. The lowest BCUT2D eigenvalue weighted by Gasteiger charge is -2.45. The van der Waals surface area contributed by atoms with Crippen LogP contribution in [-0.2, 0) is 0 Å². The standard InChI is InChI=1S/C13H18N2O2/c1-3-13(17)8-15(9-13)12(16)14-11-6-4-5-10(2)7-11/h4-7,17H,3,8-9H2,1-2H3,(H,14,16). The van der Waals surface area contributed by atoms with Gasteiger partial charge in [0.25, 0.3) is 0 Å². The molecule has 1 fully saturated rings. The number of carbonyl (C=O) groups excluding carboxylic acids is 1. The molecule has 0 aliphatic carbocycles. The number of hydrogen-bond donors (Lipinski definition) is 2. The third kappa shape index (κ3) is 2.58. The van der Waals surface area contributed by atoms with E-state index in [0.717, 1.165) is 11.3 Å². The van der Waals surface area contributed by atoms with Gasteiger partial charge >= 0.3 is 6.03 Å². The summed E-state index contributed by atoms with van der Waals surface area (Å²) in [5, 5.41) is 12.6. The Hall–Kier alpha value is -1.55. The highest BCUT2D eigenvalue weighted by atomic mass is 16.3. The molecule has 92 valence electrons. The Balaban J connectivity index is 1.91. The number of aliphatic hydroxyl groups is 1. The van der Waals surface area contributed by atoms with E-state index in [0.29, 0.717) is 19.5 Å². The molecule has 4 nitrogen and oxygen atoms in total. The molecule has 1 aliphatic rings. The number of carbonyl (C=O) groups is 1. The number of β-amino-alcohol motifs (C(OH)–C–C–N with tert-alkyl or cyclic N) is 1. The summed E-state index contributed by atoms with van der Waals surface area (Å²) >= 11 is 0. The third-order valence-corrected chi connectivity index (χ3v) is 3.19. The minimum absolute atomic E-state index is 0.145. The zero-order valence-corrected chi connectivity index (χ0v) is 10.2. The van der Waals surface area contributed by atoms with Crippen LogP contribution in [0.15, 0.2) is 24.3 Å². The van der Waals surface area contributed by atoms with Crippen molar-refractivity contribution in [2.24, 2.45) is 0 Å². The maximum atomic E-state index is 11.8. The summed E-state index contributed by atoms with van der Waals surface area (Å²) in [6.45, 7) is 4.74. The van der Waals surface area contributed by atoms with E-state index in [1.54, 1.807) is 4.90 Å². The Morgan fingerprint density at radius 3 is 2.82 bits per heavy atom. The number of rotatable bonds is 2. The Morgan fingerprint density at radius 2 is 2.24 bits per heavy atom. The summed E-state index contributed by atoms with van der Waals surface area (Å²) in [4.78, 5) is 13.4. The lowest BCUT2D eigenvalue weighted by Crippen LogP contribution is -2.63. The fraction of sp³-hybridized carbons (Fsp3) is 0.462. The molecule has 1 aliphatic heterocycles. The number of benzene rings is 1. The van der Waals surface area contributed by atoms with Crippen LogP contribution in [0, 0.1) is 6.92 Å². The Labute approximate surface area is 101 Å². The van der Waals surface area contributed by atoms with Crippen molar-refractivity contribution in [1.82, 2.24) is 4.90 Å². The first-order valence-electron chi connectivity index (χ1n) is 5.87. The number of aryl methyl sites for hydroxylation is 1. The molecule has 17 heavy (non-hydrogen) atoms. The summed E-state index contributed by atoms with van der Waals surface area (Å²) in [5.41, 5.74) is 1.22. The largest absolute Gasteiger partial charge is 0.386 e. The zero-order chi connectivity index (χ0) is 12.5. The second kappa shape index (κ2) is 4.37. The number of anilines is 1. The van der Waals surface area contributed by atoms with Gasteiger partial charge in [-0.15, -0.1) is 0 Å². The van der Waals surface area contributed by atoms with Gasteiger partial charge in [-0.25, -0.2) is 4.79 Å². The predicted octanol–water partition coefficient (Wildman–Crippen LogP) is 1.98. The molecule has 0 radical (unpaired) electrons. The molecule has 0 saturated carbocycles. The SMILES string of the molecule is CCC1(O)CN(C(=O)Nc2cccc(C)c2)C1. The van der Waals surface area contributed by atoms with Crippen molar-refractivity contribution >= 4 is 11.7 Å². The van der Waals surface area contributed by atoms with Crippen LogP contribution in [0.5, 0.6) is 0 Å². The van der Waals surface area contributed by atoms with Crippen molar-refractivity contribution < 1.29 is 9.90 Å². The second-order valence-corrected chi connectivity index (χ2v) is 4.73. The van der Waals surface area contributed by atoms with Crippen LogP contribution in [-0.4, -0.2) is 34.7 Å². The maximum Gasteiger partial charge on any atom is 0.322 e. The number of hydrogen-bond acceptors (Lipinski definition) is 2. The van der Waals surface area contributed by atoms with Gasteiger partial charge in [-0.1, -0.05) is 19.1 Å². The van der Waals surface area contributed by atoms with Gasteiger partial charge in [-0.2, -0.15) is 0 Å². The molecule has 0 bridgehead atoms. The molecule has 4 heteroatoms. The number of amides is 2. The van der Waals surface area contributed by atoms with E-state index in [1.807, 2.05) is 38.1 Å². The van der Waals surface area contributed by atoms with E-state index in [2.05, 4.69) is 5.32 Å². The highest BCUT2D eigenvalue weighted by Gasteiger charge is 2.41. The molecular weight excluding hydrogens is 216 g/mol. The van der Waals surface area contributed by atoms with E-state index in [4.69, 9.17) is 0 Å². The van der Waals surface area contributed by atoms with Crippen molar-refractivity contribution in [3.8, 4) is 0 Å². The fourth-order valence-corrected chi connectivity index (χ4v) is 1.96. The van der Waals surface area contributed by atoms with Gasteiger partial charge in [0.15, 0.2) is 0 Å². The average molecular weight is 234 g/mol. The first-order chi connectivity index (χ1) is 8.02. The lowest BCUT2D eigenvalue weighted by atomic mass is 9.92. The zero-order valence-electron chi connectivity index (χ0n) is 10.2. The van der Waals surface area contributed by atoms with Crippen molar-refractivity contribution in [1.29, 1.82) is 0 Å². The van der Waals surface area contributed by atoms with Crippen LogP contribution in [0.4, 0.5) is 10.5 Å². The Bertz CT molecular complexity index is 425. The Morgan fingerprint density at radius 1 is 1.53 bits per heavy atom. The molecule has 2 N–H and O–H groups in total. The molecular formula is C13H18N2O2. The van der Waals surface area contributed by atoms with Gasteiger partial charge in [0, 0.05) is 5.69 Å². The first kappa shape index (κ1) is 11.9. The summed E-state index contributed by atoms with van der Waals surface area (Å²) in [6.07, 6.45) is 0.682. The summed E-state index contributed by atoms with van der Waals surface area (Å²) < 4.78 is 0.